The van der Waals surface area contributed by atoms with Gasteiger partial charge >= 0.3 is 0 Å². The third-order valence-electron chi connectivity index (χ3n) is 6.79. The van der Waals surface area contributed by atoms with Gasteiger partial charge in [-0.3, -0.25) is 19.3 Å². The topological polar surface area (TPSA) is 70.2 Å². The van der Waals surface area contributed by atoms with Crippen LogP contribution in [0.25, 0.3) is 0 Å². The van der Waals surface area contributed by atoms with Crippen molar-refractivity contribution in [1.29, 1.82) is 0 Å². The number of carbonyl (C=O) groups is 3. The Morgan fingerprint density at radius 2 is 1.70 bits per heavy atom. The van der Waals surface area contributed by atoms with E-state index in [4.69, 9.17) is 4.74 Å². The molecule has 0 radical (unpaired) electrons. The van der Waals surface area contributed by atoms with E-state index in [1.165, 1.54) is 10.5 Å². The normalized spacial score (nSPS) is 19.1. The summed E-state index contributed by atoms with van der Waals surface area (Å²) in [5.74, 6) is 0.0673. The van der Waals surface area contributed by atoms with Crippen LogP contribution in [0.15, 0.2) is 42.5 Å². The van der Waals surface area contributed by atoms with E-state index < -0.39 is 5.60 Å². The molecule has 1 saturated heterocycles. The summed E-state index contributed by atoms with van der Waals surface area (Å²) in [6.07, 6.45) is 2.80. The molecule has 33 heavy (non-hydrogen) atoms. The zero-order chi connectivity index (χ0) is 23.2. The van der Waals surface area contributed by atoms with Crippen molar-refractivity contribution in [2.75, 3.05) is 31.1 Å². The van der Waals surface area contributed by atoms with Gasteiger partial charge in [0.2, 0.25) is 5.91 Å². The van der Waals surface area contributed by atoms with E-state index >= 15 is 0 Å². The minimum Gasteiger partial charge on any atom is -0.476 e. The molecule has 1 fully saturated rings. The zero-order valence-electron chi connectivity index (χ0n) is 19.2. The molecule has 0 saturated carbocycles. The number of benzene rings is 2. The minimum absolute atomic E-state index is 0.0483. The lowest BCUT2D eigenvalue weighted by Gasteiger charge is -2.39. The maximum absolute atomic E-state index is 13.3. The molecule has 0 aromatic heterocycles. The fourth-order valence-corrected chi connectivity index (χ4v) is 4.91. The highest BCUT2D eigenvalue weighted by Gasteiger charge is 2.42. The van der Waals surface area contributed by atoms with Crippen molar-refractivity contribution in [2.24, 2.45) is 0 Å². The van der Waals surface area contributed by atoms with E-state index in [2.05, 4.69) is 12.1 Å². The predicted molar refractivity (Wildman–Crippen MR) is 124 cm³/mol. The Morgan fingerprint density at radius 1 is 0.970 bits per heavy atom. The molecule has 0 unspecified atom stereocenters. The first-order valence-corrected chi connectivity index (χ1v) is 11.6. The minimum atomic E-state index is -1.08. The Morgan fingerprint density at radius 3 is 2.45 bits per heavy atom. The van der Waals surface area contributed by atoms with E-state index in [9.17, 15) is 14.4 Å². The van der Waals surface area contributed by atoms with Crippen LogP contribution in [-0.2, 0) is 22.6 Å². The number of hydrogen-bond donors (Lipinski definition) is 0. The monoisotopic (exact) mass is 447 g/mol. The number of carbonyl (C=O) groups excluding carboxylic acids is 3. The molecule has 172 valence electrons. The van der Waals surface area contributed by atoms with Crippen LogP contribution < -0.4 is 9.64 Å². The summed E-state index contributed by atoms with van der Waals surface area (Å²) in [6, 6.07) is 13.4. The molecule has 0 spiro atoms. The summed E-state index contributed by atoms with van der Waals surface area (Å²) >= 11 is 0. The lowest BCUT2D eigenvalue weighted by molar-refractivity contribution is -0.136. The second-order valence-corrected chi connectivity index (χ2v) is 9.52. The number of ether oxygens (including phenoxy) is 1. The van der Waals surface area contributed by atoms with Gasteiger partial charge in [0.05, 0.1) is 5.69 Å². The third kappa shape index (κ3) is 3.96. The number of anilines is 1. The highest BCUT2D eigenvalue weighted by atomic mass is 16.5. The average Bonchev–Trinajstić information content (AvgIpc) is 3.36. The van der Waals surface area contributed by atoms with E-state index in [0.717, 1.165) is 37.9 Å². The van der Waals surface area contributed by atoms with Crippen LogP contribution in [-0.4, -0.2) is 59.3 Å². The molecule has 2 aromatic rings. The fraction of sp³-hybridized carbons (Fsp3) is 0.423. The molecule has 3 aliphatic rings. The van der Waals surface area contributed by atoms with Crippen molar-refractivity contribution in [1.82, 2.24) is 9.80 Å². The summed E-state index contributed by atoms with van der Waals surface area (Å²) in [6.45, 7) is 6.02. The zero-order valence-corrected chi connectivity index (χ0v) is 19.2. The van der Waals surface area contributed by atoms with Gasteiger partial charge in [0, 0.05) is 31.7 Å². The number of rotatable bonds is 3. The lowest BCUT2D eigenvalue weighted by atomic mass is 9.98. The third-order valence-corrected chi connectivity index (χ3v) is 6.79. The Bertz CT molecular complexity index is 1120. The van der Waals surface area contributed by atoms with Crippen molar-refractivity contribution >= 4 is 23.4 Å². The quantitative estimate of drug-likeness (QED) is 0.725. The van der Waals surface area contributed by atoms with Gasteiger partial charge < -0.3 is 14.5 Å². The van der Waals surface area contributed by atoms with Gasteiger partial charge in [-0.15, -0.1) is 0 Å². The van der Waals surface area contributed by atoms with Crippen molar-refractivity contribution in [2.45, 2.75) is 45.3 Å². The summed E-state index contributed by atoms with van der Waals surface area (Å²) < 4.78 is 5.95. The molecular weight excluding hydrogens is 418 g/mol. The van der Waals surface area contributed by atoms with Gasteiger partial charge in [0.1, 0.15) is 12.3 Å². The Labute approximate surface area is 193 Å². The summed E-state index contributed by atoms with van der Waals surface area (Å²) in [7, 11) is 0. The average molecular weight is 448 g/mol. The van der Waals surface area contributed by atoms with Crippen LogP contribution in [0.3, 0.4) is 0 Å². The van der Waals surface area contributed by atoms with Gasteiger partial charge in [0.15, 0.2) is 5.60 Å². The molecule has 3 heterocycles. The van der Waals surface area contributed by atoms with Crippen molar-refractivity contribution in [3.05, 3.63) is 59.2 Å². The molecular formula is C26H29N3O4. The second kappa shape index (κ2) is 8.21. The number of fused-ring (bicyclic) bond motifs is 2. The Kier molecular flexibility index (Phi) is 5.35. The molecule has 0 N–H and O–H groups in total. The van der Waals surface area contributed by atoms with Crippen LogP contribution in [0, 0.1) is 0 Å². The smallest absolute Gasteiger partial charge is 0.271 e. The number of hydrogen-bond acceptors (Lipinski definition) is 4. The first-order valence-electron chi connectivity index (χ1n) is 11.6. The number of nitrogens with zero attached hydrogens (tertiary/aromatic N) is 3. The second-order valence-electron chi connectivity index (χ2n) is 9.52. The first kappa shape index (κ1) is 21.5. The lowest BCUT2D eigenvalue weighted by Crippen LogP contribution is -2.55. The Balaban J connectivity index is 1.43. The molecule has 0 bridgehead atoms. The first-order chi connectivity index (χ1) is 15.8. The van der Waals surface area contributed by atoms with E-state index in [-0.39, 0.29) is 24.3 Å². The standard InChI is InChI=1S/C26H29N3O4/c1-26(2)25(32)29(17-23(30)27-12-5-6-13-27)21-15-19(9-10-22(21)33-26)24(31)28-14-11-18-7-3-4-8-20(18)16-28/h3-4,7-10,15H,5-6,11-14,16-17H2,1-2H3. The molecule has 7 nitrogen and oxygen atoms in total. The van der Waals surface area contributed by atoms with Crippen molar-refractivity contribution < 1.29 is 19.1 Å². The number of amides is 3. The van der Waals surface area contributed by atoms with Gasteiger partial charge in [-0.2, -0.15) is 0 Å². The van der Waals surface area contributed by atoms with Crippen LogP contribution >= 0.6 is 0 Å². The molecule has 3 amide bonds. The fourth-order valence-electron chi connectivity index (χ4n) is 4.91. The predicted octanol–water partition coefficient (Wildman–Crippen LogP) is 3.01. The summed E-state index contributed by atoms with van der Waals surface area (Å²) in [4.78, 5) is 44.6. The SMILES string of the molecule is CC1(C)Oc2ccc(C(=O)N3CCc4ccccc4C3)cc2N(CC(=O)N2CCCC2)C1=O. The maximum Gasteiger partial charge on any atom is 0.271 e. The van der Waals surface area contributed by atoms with Crippen molar-refractivity contribution in [3.63, 3.8) is 0 Å². The van der Waals surface area contributed by atoms with Gasteiger partial charge in [-0.1, -0.05) is 24.3 Å². The van der Waals surface area contributed by atoms with E-state index in [0.29, 0.717) is 30.1 Å². The number of likely N-dealkylation sites (tertiary alicyclic amines) is 1. The molecule has 7 heteroatoms. The molecule has 0 atom stereocenters. The van der Waals surface area contributed by atoms with E-state index in [1.54, 1.807) is 36.9 Å². The van der Waals surface area contributed by atoms with Crippen LogP contribution in [0.4, 0.5) is 5.69 Å². The molecule has 2 aromatic carbocycles. The molecule has 5 rings (SSSR count). The summed E-state index contributed by atoms with van der Waals surface area (Å²) in [5, 5.41) is 0. The van der Waals surface area contributed by atoms with Crippen molar-refractivity contribution in [3.8, 4) is 5.75 Å². The Hall–Kier alpha value is -3.35. The molecule has 0 aliphatic carbocycles. The van der Waals surface area contributed by atoms with Gasteiger partial charge in [0.25, 0.3) is 11.8 Å². The van der Waals surface area contributed by atoms with Crippen LogP contribution in [0.5, 0.6) is 5.75 Å². The highest BCUT2D eigenvalue weighted by Crippen LogP contribution is 2.39. The summed E-state index contributed by atoms with van der Waals surface area (Å²) in [5.41, 5.74) is 2.33. The van der Waals surface area contributed by atoms with Gasteiger partial charge in [-0.25, -0.2) is 0 Å². The van der Waals surface area contributed by atoms with Crippen LogP contribution in [0.2, 0.25) is 0 Å². The van der Waals surface area contributed by atoms with Gasteiger partial charge in [-0.05, 0) is 62.4 Å². The maximum atomic E-state index is 13.3. The largest absolute Gasteiger partial charge is 0.476 e. The van der Waals surface area contributed by atoms with E-state index in [1.807, 2.05) is 17.0 Å². The van der Waals surface area contributed by atoms with Crippen LogP contribution in [0.1, 0.15) is 48.2 Å². The highest BCUT2D eigenvalue weighted by molar-refractivity contribution is 6.07. The molecule has 3 aliphatic heterocycles.